The van der Waals surface area contributed by atoms with E-state index in [2.05, 4.69) is 27.9 Å². The highest BCUT2D eigenvalue weighted by molar-refractivity contribution is 14.1. The predicted octanol–water partition coefficient (Wildman–Crippen LogP) is 3.73. The number of amides is 1. The Morgan fingerprint density at radius 3 is 2.52 bits per heavy atom. The maximum absolute atomic E-state index is 11.9. The molecular formula is C17H16INO4. The summed E-state index contributed by atoms with van der Waals surface area (Å²) in [6, 6.07) is 16.0. The van der Waals surface area contributed by atoms with Crippen molar-refractivity contribution in [3.63, 3.8) is 0 Å². The minimum absolute atomic E-state index is 0.138. The second-order valence-corrected chi connectivity index (χ2v) is 6.16. The minimum Gasteiger partial charge on any atom is -0.481 e. The molecule has 0 aliphatic heterocycles. The average molecular weight is 425 g/mol. The average Bonchev–Trinajstić information content (AvgIpc) is 2.53. The number of hydrogen-bond donors (Lipinski definition) is 2. The summed E-state index contributed by atoms with van der Waals surface area (Å²) in [6.07, 6.45) is -0.848. The fourth-order valence-corrected chi connectivity index (χ4v) is 2.62. The Kier molecular flexibility index (Phi) is 6.40. The third kappa shape index (κ3) is 5.90. The van der Waals surface area contributed by atoms with Crippen LogP contribution in [0.1, 0.15) is 23.6 Å². The zero-order valence-electron chi connectivity index (χ0n) is 12.2. The van der Waals surface area contributed by atoms with Gasteiger partial charge >= 0.3 is 12.1 Å². The van der Waals surface area contributed by atoms with Crippen LogP contribution >= 0.6 is 22.6 Å². The van der Waals surface area contributed by atoms with Crippen LogP contribution in [-0.2, 0) is 16.1 Å². The van der Waals surface area contributed by atoms with Gasteiger partial charge in [0.1, 0.15) is 6.61 Å². The number of ether oxygens (including phenoxy) is 1. The normalized spacial score (nSPS) is 11.5. The lowest BCUT2D eigenvalue weighted by Gasteiger charge is -2.17. The zero-order valence-corrected chi connectivity index (χ0v) is 14.4. The number of carbonyl (C=O) groups excluding carboxylic acids is 1. The molecule has 0 saturated heterocycles. The van der Waals surface area contributed by atoms with Crippen molar-refractivity contribution in [1.82, 2.24) is 5.32 Å². The molecule has 0 aromatic heterocycles. The lowest BCUT2D eigenvalue weighted by molar-refractivity contribution is -0.137. The Balaban J connectivity index is 1.99. The van der Waals surface area contributed by atoms with Crippen molar-refractivity contribution in [3.05, 3.63) is 69.3 Å². The number of halogens is 1. The Labute approximate surface area is 147 Å². The van der Waals surface area contributed by atoms with Gasteiger partial charge in [-0.2, -0.15) is 0 Å². The van der Waals surface area contributed by atoms with Gasteiger partial charge in [-0.05, 0) is 45.9 Å². The molecule has 2 rings (SSSR count). The quantitative estimate of drug-likeness (QED) is 0.692. The third-order valence-electron chi connectivity index (χ3n) is 3.13. The van der Waals surface area contributed by atoms with E-state index in [1.165, 1.54) is 0 Å². The number of carboxylic acid groups (broad SMARTS) is 1. The molecule has 0 heterocycles. The van der Waals surface area contributed by atoms with Crippen LogP contribution in [0.3, 0.4) is 0 Å². The van der Waals surface area contributed by atoms with Gasteiger partial charge in [0.25, 0.3) is 0 Å². The molecule has 0 bridgehead atoms. The molecule has 0 fully saturated rings. The van der Waals surface area contributed by atoms with Crippen molar-refractivity contribution < 1.29 is 19.4 Å². The topological polar surface area (TPSA) is 75.6 Å². The summed E-state index contributed by atoms with van der Waals surface area (Å²) in [6.45, 7) is 0.138. The van der Waals surface area contributed by atoms with Crippen LogP contribution in [-0.4, -0.2) is 17.2 Å². The molecule has 0 radical (unpaired) electrons. The van der Waals surface area contributed by atoms with Crippen molar-refractivity contribution >= 4 is 34.7 Å². The fraction of sp³-hybridized carbons (Fsp3) is 0.176. The van der Waals surface area contributed by atoms with Crippen LogP contribution in [0.5, 0.6) is 0 Å². The second kappa shape index (κ2) is 8.52. The third-order valence-corrected chi connectivity index (χ3v) is 3.81. The Hall–Kier alpha value is -2.09. The van der Waals surface area contributed by atoms with E-state index in [4.69, 9.17) is 9.84 Å². The monoisotopic (exact) mass is 425 g/mol. The van der Waals surface area contributed by atoms with E-state index in [-0.39, 0.29) is 13.0 Å². The highest BCUT2D eigenvalue weighted by atomic mass is 127. The second-order valence-electron chi connectivity index (χ2n) is 4.91. The predicted molar refractivity (Wildman–Crippen MR) is 93.9 cm³/mol. The van der Waals surface area contributed by atoms with E-state index < -0.39 is 18.1 Å². The maximum atomic E-state index is 11.9. The van der Waals surface area contributed by atoms with Crippen molar-refractivity contribution in [2.45, 2.75) is 19.1 Å². The summed E-state index contributed by atoms with van der Waals surface area (Å²) in [5, 5.41) is 11.7. The smallest absolute Gasteiger partial charge is 0.407 e. The Morgan fingerprint density at radius 1 is 1.13 bits per heavy atom. The fourth-order valence-electron chi connectivity index (χ4n) is 2.06. The van der Waals surface area contributed by atoms with Gasteiger partial charge in [-0.25, -0.2) is 4.79 Å². The molecule has 2 N–H and O–H groups in total. The first-order chi connectivity index (χ1) is 11.0. The summed E-state index contributed by atoms with van der Waals surface area (Å²) < 4.78 is 6.11. The van der Waals surface area contributed by atoms with Crippen LogP contribution < -0.4 is 5.32 Å². The van der Waals surface area contributed by atoms with Crippen LogP contribution in [0.15, 0.2) is 54.6 Å². The molecule has 0 aliphatic rings. The van der Waals surface area contributed by atoms with Crippen LogP contribution in [0, 0.1) is 3.57 Å². The van der Waals surface area contributed by atoms with Gasteiger partial charge in [-0.3, -0.25) is 4.79 Å². The molecule has 5 nitrogen and oxygen atoms in total. The molecule has 0 spiro atoms. The van der Waals surface area contributed by atoms with Crippen molar-refractivity contribution in [2.75, 3.05) is 0 Å². The number of hydrogen-bond acceptors (Lipinski definition) is 3. The van der Waals surface area contributed by atoms with Gasteiger partial charge < -0.3 is 15.2 Å². The molecule has 1 unspecified atom stereocenters. The summed E-state index contributed by atoms with van der Waals surface area (Å²) in [5.41, 5.74) is 1.60. The van der Waals surface area contributed by atoms with Crippen molar-refractivity contribution in [3.8, 4) is 0 Å². The molecular weight excluding hydrogens is 409 g/mol. The molecule has 2 aromatic rings. The van der Waals surface area contributed by atoms with Gasteiger partial charge in [0, 0.05) is 3.57 Å². The van der Waals surface area contributed by atoms with Crippen LogP contribution in [0.4, 0.5) is 4.79 Å². The molecule has 0 aliphatic carbocycles. The number of carboxylic acids is 1. The SMILES string of the molecule is O=C(O)CC(NC(=O)OCc1ccccc1)c1cccc(I)c1. The van der Waals surface area contributed by atoms with Crippen LogP contribution in [0.25, 0.3) is 0 Å². The first-order valence-corrected chi connectivity index (χ1v) is 8.07. The van der Waals surface area contributed by atoms with E-state index in [1.807, 2.05) is 48.5 Å². The lowest BCUT2D eigenvalue weighted by atomic mass is 10.0. The van der Waals surface area contributed by atoms with E-state index in [0.29, 0.717) is 0 Å². The van der Waals surface area contributed by atoms with Gasteiger partial charge in [0.2, 0.25) is 0 Å². The number of aliphatic carboxylic acids is 1. The van der Waals surface area contributed by atoms with Crippen molar-refractivity contribution in [1.29, 1.82) is 0 Å². The minimum atomic E-state index is -0.989. The Morgan fingerprint density at radius 2 is 1.87 bits per heavy atom. The highest BCUT2D eigenvalue weighted by Crippen LogP contribution is 2.19. The standard InChI is InChI=1S/C17H16INO4/c18-14-8-4-7-13(9-14)15(10-16(20)21)19-17(22)23-11-12-5-2-1-3-6-12/h1-9,15H,10-11H2,(H,19,22)(H,20,21). The van der Waals surface area contributed by atoms with E-state index in [9.17, 15) is 9.59 Å². The summed E-state index contributed by atoms with van der Waals surface area (Å²) >= 11 is 2.14. The summed E-state index contributed by atoms with van der Waals surface area (Å²) in [7, 11) is 0. The molecule has 0 saturated carbocycles. The van der Waals surface area contributed by atoms with Gasteiger partial charge in [0.15, 0.2) is 0 Å². The van der Waals surface area contributed by atoms with E-state index in [1.54, 1.807) is 6.07 Å². The van der Waals surface area contributed by atoms with Gasteiger partial charge in [-0.1, -0.05) is 42.5 Å². The first kappa shape index (κ1) is 17.3. The van der Waals surface area contributed by atoms with E-state index >= 15 is 0 Å². The summed E-state index contributed by atoms with van der Waals surface area (Å²) in [4.78, 5) is 23.0. The zero-order chi connectivity index (χ0) is 16.7. The molecule has 120 valence electrons. The largest absolute Gasteiger partial charge is 0.481 e. The Bertz CT molecular complexity index is 675. The van der Waals surface area contributed by atoms with Crippen molar-refractivity contribution in [2.24, 2.45) is 0 Å². The number of benzene rings is 2. The maximum Gasteiger partial charge on any atom is 0.407 e. The highest BCUT2D eigenvalue weighted by Gasteiger charge is 2.19. The van der Waals surface area contributed by atoms with Crippen LogP contribution in [0.2, 0.25) is 0 Å². The van der Waals surface area contributed by atoms with E-state index in [0.717, 1.165) is 14.7 Å². The van der Waals surface area contributed by atoms with Gasteiger partial charge in [0.05, 0.1) is 12.5 Å². The molecule has 6 heteroatoms. The molecule has 23 heavy (non-hydrogen) atoms. The summed E-state index contributed by atoms with van der Waals surface area (Å²) in [5.74, 6) is -0.989. The molecule has 2 aromatic carbocycles. The van der Waals surface area contributed by atoms with Gasteiger partial charge in [-0.15, -0.1) is 0 Å². The number of carbonyl (C=O) groups is 2. The first-order valence-electron chi connectivity index (χ1n) is 6.99. The number of nitrogens with one attached hydrogen (secondary N) is 1. The molecule has 1 atom stereocenters. The number of rotatable bonds is 6. The number of alkyl carbamates (subject to hydrolysis) is 1. The molecule has 1 amide bonds. The lowest BCUT2D eigenvalue weighted by Crippen LogP contribution is -2.30.